The lowest BCUT2D eigenvalue weighted by Crippen LogP contribution is -2.51. The van der Waals surface area contributed by atoms with Crippen LogP contribution in [0, 0.1) is 10.1 Å². The van der Waals surface area contributed by atoms with Gasteiger partial charge in [-0.15, -0.1) is 0 Å². The van der Waals surface area contributed by atoms with Gasteiger partial charge in [-0.25, -0.2) is 9.97 Å². The highest BCUT2D eigenvalue weighted by atomic mass is 16.6. The molecule has 1 saturated carbocycles. The highest BCUT2D eigenvalue weighted by Gasteiger charge is 2.45. The lowest BCUT2D eigenvalue weighted by molar-refractivity contribution is -0.423. The van der Waals surface area contributed by atoms with Crippen LogP contribution in [0.25, 0.3) is 22.3 Å². The van der Waals surface area contributed by atoms with Crippen molar-refractivity contribution >= 4 is 10.9 Å². The molecule has 0 aliphatic heterocycles. The van der Waals surface area contributed by atoms with Crippen LogP contribution in [0.4, 0.5) is 0 Å². The molecule has 0 saturated heterocycles. The van der Waals surface area contributed by atoms with Crippen LogP contribution in [0.1, 0.15) is 24.7 Å². The van der Waals surface area contributed by atoms with Gasteiger partial charge in [-0.2, -0.15) is 5.10 Å². The van der Waals surface area contributed by atoms with Gasteiger partial charge in [-0.3, -0.25) is 14.8 Å². The molecule has 2 aliphatic carbocycles. The van der Waals surface area contributed by atoms with Gasteiger partial charge in [-0.1, -0.05) is 18.2 Å². The van der Waals surface area contributed by atoms with Gasteiger partial charge in [0, 0.05) is 44.9 Å². The molecule has 0 spiro atoms. The number of aromatic nitrogens is 4. The predicted molar refractivity (Wildman–Crippen MR) is 140 cm³/mol. The predicted octanol–water partition coefficient (Wildman–Crippen LogP) is 2.55. The van der Waals surface area contributed by atoms with Crippen LogP contribution >= 0.6 is 0 Å². The van der Waals surface area contributed by atoms with Crippen molar-refractivity contribution in [2.45, 2.75) is 30.5 Å². The van der Waals surface area contributed by atoms with E-state index in [0.29, 0.717) is 24.0 Å². The zero-order chi connectivity index (χ0) is 26.3. The van der Waals surface area contributed by atoms with Gasteiger partial charge in [-0.05, 0) is 45.1 Å². The van der Waals surface area contributed by atoms with E-state index in [2.05, 4.69) is 15.7 Å². The van der Waals surface area contributed by atoms with E-state index < -0.39 is 16.6 Å². The number of para-hydroxylation sites is 1. The van der Waals surface area contributed by atoms with Crippen molar-refractivity contribution in [3.8, 4) is 11.4 Å². The van der Waals surface area contributed by atoms with Gasteiger partial charge in [0.25, 0.3) is 5.70 Å². The smallest absolute Gasteiger partial charge is 0.290 e. The molecule has 1 aromatic carbocycles. The second-order valence-corrected chi connectivity index (χ2v) is 9.96. The molecule has 11 heteroatoms. The summed E-state index contributed by atoms with van der Waals surface area (Å²) in [6.45, 7) is 1.33. The average molecular weight is 505 g/mol. The molecule has 2 unspecified atom stereocenters. The molecule has 2 N–H and O–H groups in total. The maximum atomic E-state index is 12.1. The average Bonchev–Trinajstić information content (AvgIpc) is 3.67. The Labute approximate surface area is 215 Å². The van der Waals surface area contributed by atoms with Crippen molar-refractivity contribution in [1.29, 1.82) is 0 Å². The van der Waals surface area contributed by atoms with Crippen molar-refractivity contribution < 1.29 is 9.66 Å². The van der Waals surface area contributed by atoms with Crippen LogP contribution in [0.2, 0.25) is 0 Å². The zero-order valence-corrected chi connectivity index (χ0v) is 21.5. The van der Waals surface area contributed by atoms with E-state index >= 15 is 0 Å². The highest BCUT2D eigenvalue weighted by Crippen LogP contribution is 2.40. The van der Waals surface area contributed by atoms with Crippen LogP contribution < -0.4 is 5.73 Å². The summed E-state index contributed by atoms with van der Waals surface area (Å²) in [6.07, 6.45) is 6.22. The Morgan fingerprint density at radius 2 is 1.97 bits per heavy atom. The summed E-state index contributed by atoms with van der Waals surface area (Å²) in [7, 11) is 7.26. The van der Waals surface area contributed by atoms with Gasteiger partial charge < -0.3 is 20.3 Å². The number of fused-ring (bicyclic) bond motifs is 1. The van der Waals surface area contributed by atoms with E-state index in [1.165, 1.54) is 13.2 Å². The number of hydrogen-bond donors (Lipinski definition) is 1. The monoisotopic (exact) mass is 504 g/mol. The summed E-state index contributed by atoms with van der Waals surface area (Å²) in [5.41, 5.74) is 8.13. The van der Waals surface area contributed by atoms with E-state index in [0.717, 1.165) is 36.0 Å². The Morgan fingerprint density at radius 3 is 2.65 bits per heavy atom. The third-order valence-corrected chi connectivity index (χ3v) is 6.95. The number of benzene rings is 1. The maximum Gasteiger partial charge on any atom is 0.290 e. The second-order valence-electron chi connectivity index (χ2n) is 9.96. The van der Waals surface area contributed by atoms with E-state index in [1.54, 1.807) is 18.3 Å². The van der Waals surface area contributed by atoms with Crippen LogP contribution in [-0.4, -0.2) is 81.9 Å². The third kappa shape index (κ3) is 4.61. The van der Waals surface area contributed by atoms with Crippen LogP contribution in [0.15, 0.2) is 60.1 Å². The first-order valence-electron chi connectivity index (χ1n) is 12.3. The Hall–Kier alpha value is -3.67. The number of ether oxygens (including phenoxy) is 1. The molecule has 0 radical (unpaired) electrons. The van der Waals surface area contributed by atoms with Gasteiger partial charge in [0.15, 0.2) is 5.82 Å². The number of nitro groups is 1. The van der Waals surface area contributed by atoms with Crippen LogP contribution in [0.5, 0.6) is 0 Å². The Bertz CT molecular complexity index is 1390. The fraction of sp³-hybridized carbons (Fsp3) is 0.423. The minimum Gasteiger partial charge on any atom is -0.375 e. The van der Waals surface area contributed by atoms with Crippen molar-refractivity contribution in [3.05, 3.63) is 76.0 Å². The Balaban J connectivity index is 1.56. The topological polar surface area (TPSA) is 128 Å². The molecule has 3 aromatic rings. The number of methoxy groups -OCH3 is 1. The number of hydrogen-bond acceptors (Lipinski definition) is 9. The molecule has 0 bridgehead atoms. The summed E-state index contributed by atoms with van der Waals surface area (Å²) < 4.78 is 7.81. The van der Waals surface area contributed by atoms with E-state index in [1.807, 2.05) is 49.1 Å². The van der Waals surface area contributed by atoms with E-state index in [4.69, 9.17) is 20.6 Å². The third-order valence-electron chi connectivity index (χ3n) is 6.95. The largest absolute Gasteiger partial charge is 0.375 e. The molecule has 1 fully saturated rings. The maximum absolute atomic E-state index is 12.1. The Morgan fingerprint density at radius 1 is 1.22 bits per heavy atom. The number of nitrogens with two attached hydrogens (primary N) is 1. The van der Waals surface area contributed by atoms with Gasteiger partial charge >= 0.3 is 0 Å². The SMILES string of the molecule is COC1C=C(N(C)CCN(C)C)C([N+](=O)[O-])=CC1(N)c1nccc(-c2nn(C3CC3)c3ccccc23)n1. The minimum atomic E-state index is -1.45. The molecule has 2 atom stereocenters. The molecule has 0 amide bonds. The second kappa shape index (κ2) is 9.66. The molecule has 2 heterocycles. The van der Waals surface area contributed by atoms with Crippen molar-refractivity contribution in [2.75, 3.05) is 41.3 Å². The van der Waals surface area contributed by atoms with Crippen molar-refractivity contribution in [2.24, 2.45) is 5.73 Å². The van der Waals surface area contributed by atoms with Gasteiger partial charge in [0.1, 0.15) is 23.0 Å². The molecule has 11 nitrogen and oxygen atoms in total. The standard InChI is InChI=1S/C26H32N8O3/c1-31(2)13-14-32(3)21-15-23(37-4)26(27,16-22(21)34(35)36)25-28-12-11-19(29-25)24-18-7-5-6-8-20(18)33(30-24)17-9-10-17/h5-8,11-12,15-17,23H,9-10,13-14,27H2,1-4H3. The van der Waals surface area contributed by atoms with Crippen molar-refractivity contribution in [1.82, 2.24) is 29.5 Å². The first-order chi connectivity index (χ1) is 17.7. The molecule has 37 heavy (non-hydrogen) atoms. The summed E-state index contributed by atoms with van der Waals surface area (Å²) in [5, 5.41) is 18.0. The summed E-state index contributed by atoms with van der Waals surface area (Å²) >= 11 is 0. The molecule has 5 rings (SSSR count). The first-order valence-corrected chi connectivity index (χ1v) is 12.3. The van der Waals surface area contributed by atoms with E-state index in [9.17, 15) is 10.1 Å². The zero-order valence-electron chi connectivity index (χ0n) is 21.5. The number of nitrogens with zero attached hydrogens (tertiary/aromatic N) is 7. The summed E-state index contributed by atoms with van der Waals surface area (Å²) in [5.74, 6) is 0.229. The highest BCUT2D eigenvalue weighted by molar-refractivity contribution is 5.92. The molecular weight excluding hydrogens is 472 g/mol. The summed E-state index contributed by atoms with van der Waals surface area (Å²) in [6, 6.07) is 10.3. The number of rotatable bonds is 9. The molecule has 2 aromatic heterocycles. The normalized spacial score (nSPS) is 21.7. The molecule has 2 aliphatic rings. The Kier molecular flexibility index (Phi) is 6.52. The first kappa shape index (κ1) is 25.0. The van der Waals surface area contributed by atoms with E-state index in [-0.39, 0.29) is 11.5 Å². The van der Waals surface area contributed by atoms with Crippen molar-refractivity contribution in [3.63, 3.8) is 0 Å². The molecule has 194 valence electrons. The summed E-state index contributed by atoms with van der Waals surface area (Å²) in [4.78, 5) is 24.8. The van der Waals surface area contributed by atoms with Crippen LogP contribution in [-0.2, 0) is 10.3 Å². The minimum absolute atomic E-state index is 0.102. The lowest BCUT2D eigenvalue weighted by atomic mass is 9.85. The fourth-order valence-corrected chi connectivity index (χ4v) is 4.72. The lowest BCUT2D eigenvalue weighted by Gasteiger charge is -2.35. The van der Waals surface area contributed by atoms with Gasteiger partial charge in [0.2, 0.25) is 0 Å². The quantitative estimate of drug-likeness (QED) is 0.345. The fourth-order valence-electron chi connectivity index (χ4n) is 4.72. The van der Waals surface area contributed by atoms with Gasteiger partial charge in [0.05, 0.1) is 22.2 Å². The van der Waals surface area contributed by atoms with Crippen LogP contribution in [0.3, 0.4) is 0 Å². The number of likely N-dealkylation sites (N-methyl/N-ethyl adjacent to an activating group) is 2. The molecular formula is C26H32N8O3.